The van der Waals surface area contributed by atoms with Crippen molar-refractivity contribution in [3.63, 3.8) is 0 Å². The molecule has 8 heteroatoms. The van der Waals surface area contributed by atoms with E-state index >= 15 is 0 Å². The number of nitrogens with one attached hydrogen (secondary N) is 1. The van der Waals surface area contributed by atoms with Gasteiger partial charge in [0.25, 0.3) is 5.56 Å². The van der Waals surface area contributed by atoms with Gasteiger partial charge in [-0.1, -0.05) is 6.07 Å². The van der Waals surface area contributed by atoms with Crippen LogP contribution in [-0.2, 0) is 7.05 Å². The molecule has 0 spiro atoms. The van der Waals surface area contributed by atoms with E-state index in [-0.39, 0.29) is 23.1 Å². The van der Waals surface area contributed by atoms with E-state index in [4.69, 9.17) is 4.74 Å². The van der Waals surface area contributed by atoms with Crippen LogP contribution in [0.25, 0.3) is 22.4 Å². The zero-order valence-electron chi connectivity index (χ0n) is 17.2. The Morgan fingerprint density at radius 1 is 1.19 bits per heavy atom. The number of pyridine rings is 1. The third-order valence-corrected chi connectivity index (χ3v) is 6.42. The second-order valence-corrected chi connectivity index (χ2v) is 8.60. The maximum Gasteiger partial charge on any atom is 0.250 e. The Hall–Kier alpha value is -3.26. The van der Waals surface area contributed by atoms with Crippen molar-refractivity contribution in [2.24, 2.45) is 13.0 Å². The first kappa shape index (κ1) is 19.7. The van der Waals surface area contributed by atoms with Crippen molar-refractivity contribution in [3.05, 3.63) is 59.0 Å². The SMILES string of the molecule is Cn1ccc(-c2ccc(-c3ccc(O[C@@H]4[C@H]5CN[C@](C)(C5)[C@H]4F)nn3)c(O)c2)cc1=O. The largest absolute Gasteiger partial charge is 0.507 e. The number of phenolic OH excluding ortho intramolecular Hbond substituents is 1. The van der Waals surface area contributed by atoms with E-state index < -0.39 is 17.8 Å². The van der Waals surface area contributed by atoms with Crippen LogP contribution in [0.15, 0.2) is 53.5 Å². The molecule has 31 heavy (non-hydrogen) atoms. The number of hydrogen-bond donors (Lipinski definition) is 2. The average Bonchev–Trinajstić information content (AvgIpc) is 3.26. The zero-order valence-corrected chi connectivity index (χ0v) is 17.2. The van der Waals surface area contributed by atoms with Crippen LogP contribution in [0.2, 0.25) is 0 Å². The van der Waals surface area contributed by atoms with Gasteiger partial charge in [0.15, 0.2) is 6.17 Å². The summed E-state index contributed by atoms with van der Waals surface area (Å²) in [6, 6.07) is 11.8. The van der Waals surface area contributed by atoms with E-state index in [1.54, 1.807) is 37.5 Å². The third kappa shape index (κ3) is 3.37. The Kier molecular flexibility index (Phi) is 4.55. The van der Waals surface area contributed by atoms with Gasteiger partial charge in [0, 0.05) is 43.4 Å². The maximum atomic E-state index is 14.7. The van der Waals surface area contributed by atoms with E-state index in [1.165, 1.54) is 10.6 Å². The van der Waals surface area contributed by atoms with Gasteiger partial charge >= 0.3 is 0 Å². The number of aromatic nitrogens is 3. The van der Waals surface area contributed by atoms with Crippen LogP contribution in [-0.4, -0.2) is 44.2 Å². The lowest BCUT2D eigenvalue weighted by atomic mass is 9.99. The molecule has 4 atom stereocenters. The van der Waals surface area contributed by atoms with Crippen LogP contribution in [0.1, 0.15) is 13.3 Å². The predicted molar refractivity (Wildman–Crippen MR) is 114 cm³/mol. The molecule has 2 fully saturated rings. The predicted octanol–water partition coefficient (Wildman–Crippen LogP) is 2.68. The van der Waals surface area contributed by atoms with Gasteiger partial charge in [-0.15, -0.1) is 10.2 Å². The number of rotatable bonds is 4. The van der Waals surface area contributed by atoms with E-state index in [2.05, 4.69) is 15.5 Å². The molecule has 3 aromatic rings. The number of fused-ring (bicyclic) bond motifs is 2. The number of hydrogen-bond acceptors (Lipinski definition) is 6. The van der Waals surface area contributed by atoms with E-state index in [9.17, 15) is 14.3 Å². The van der Waals surface area contributed by atoms with Gasteiger partial charge < -0.3 is 19.7 Å². The summed E-state index contributed by atoms with van der Waals surface area (Å²) in [5, 5.41) is 22.0. The normalized spacial score (nSPS) is 26.9. The monoisotopic (exact) mass is 422 g/mol. The highest BCUT2D eigenvalue weighted by Crippen LogP contribution is 2.43. The Morgan fingerprint density at radius 2 is 2.00 bits per heavy atom. The van der Waals surface area contributed by atoms with Crippen LogP contribution < -0.4 is 15.6 Å². The molecule has 0 amide bonds. The molecule has 0 unspecified atom stereocenters. The highest BCUT2D eigenvalue weighted by Gasteiger charge is 2.57. The first-order valence-corrected chi connectivity index (χ1v) is 10.2. The molecule has 1 saturated heterocycles. The minimum Gasteiger partial charge on any atom is -0.507 e. The summed E-state index contributed by atoms with van der Waals surface area (Å²) < 4.78 is 22.0. The summed E-state index contributed by atoms with van der Waals surface area (Å²) in [4.78, 5) is 11.9. The van der Waals surface area contributed by atoms with Gasteiger partial charge in [-0.3, -0.25) is 4.79 Å². The number of ether oxygens (including phenoxy) is 1. The van der Waals surface area contributed by atoms with Gasteiger partial charge in [0.05, 0.1) is 11.2 Å². The molecule has 2 aromatic heterocycles. The molecule has 1 saturated carbocycles. The van der Waals surface area contributed by atoms with Crippen LogP contribution in [0.4, 0.5) is 4.39 Å². The van der Waals surface area contributed by atoms with E-state index in [0.717, 1.165) is 24.1 Å². The molecular weight excluding hydrogens is 399 g/mol. The number of piperidine rings is 1. The van der Waals surface area contributed by atoms with Crippen molar-refractivity contribution in [1.82, 2.24) is 20.1 Å². The Labute approximate surface area is 178 Å². The number of halogens is 1. The van der Waals surface area contributed by atoms with Crippen LogP contribution in [0.3, 0.4) is 0 Å². The molecule has 0 radical (unpaired) electrons. The van der Waals surface area contributed by atoms with Crippen molar-refractivity contribution < 1.29 is 14.2 Å². The molecule has 2 aliphatic rings. The lowest BCUT2D eigenvalue weighted by Gasteiger charge is -2.32. The third-order valence-electron chi connectivity index (χ3n) is 6.42. The van der Waals surface area contributed by atoms with Crippen molar-refractivity contribution in [2.45, 2.75) is 31.2 Å². The Bertz CT molecular complexity index is 1200. The molecule has 3 heterocycles. The minimum absolute atomic E-state index is 0.0251. The summed E-state index contributed by atoms with van der Waals surface area (Å²) >= 11 is 0. The van der Waals surface area contributed by atoms with E-state index in [1.807, 2.05) is 19.1 Å². The van der Waals surface area contributed by atoms with E-state index in [0.29, 0.717) is 11.3 Å². The quantitative estimate of drug-likeness (QED) is 0.672. The van der Waals surface area contributed by atoms with Crippen molar-refractivity contribution in [3.8, 4) is 34.0 Å². The summed E-state index contributed by atoms with van der Waals surface area (Å²) in [6.07, 6.45) is 0.802. The number of aromatic hydroxyl groups is 1. The lowest BCUT2D eigenvalue weighted by Crippen LogP contribution is -2.53. The van der Waals surface area contributed by atoms with Gasteiger partial charge in [-0.2, -0.15) is 0 Å². The molecular formula is C23H23FN4O3. The van der Waals surface area contributed by atoms with Crippen molar-refractivity contribution in [1.29, 1.82) is 0 Å². The fraction of sp³-hybridized carbons (Fsp3) is 0.348. The fourth-order valence-electron chi connectivity index (χ4n) is 4.57. The zero-order chi connectivity index (χ0) is 21.8. The summed E-state index contributed by atoms with van der Waals surface area (Å²) in [6.45, 7) is 2.62. The Balaban J connectivity index is 1.35. The highest BCUT2D eigenvalue weighted by molar-refractivity contribution is 5.74. The first-order chi connectivity index (χ1) is 14.8. The fourth-order valence-corrected chi connectivity index (χ4v) is 4.57. The Morgan fingerprint density at radius 3 is 2.65 bits per heavy atom. The average molecular weight is 422 g/mol. The summed E-state index contributed by atoms with van der Waals surface area (Å²) in [7, 11) is 1.68. The molecule has 160 valence electrons. The van der Waals surface area contributed by atoms with Crippen molar-refractivity contribution in [2.75, 3.05) is 6.54 Å². The molecule has 7 nitrogen and oxygen atoms in total. The molecule has 2 N–H and O–H groups in total. The number of nitrogens with zero attached hydrogens (tertiary/aromatic N) is 3. The van der Waals surface area contributed by atoms with Gasteiger partial charge in [0.1, 0.15) is 11.9 Å². The van der Waals surface area contributed by atoms with Crippen molar-refractivity contribution >= 4 is 0 Å². The number of aryl methyl sites for hydroxylation is 1. The molecule has 1 aliphatic heterocycles. The van der Waals surface area contributed by atoms with Gasteiger partial charge in [0.2, 0.25) is 5.88 Å². The van der Waals surface area contributed by atoms with Crippen LogP contribution >= 0.6 is 0 Å². The molecule has 5 rings (SSSR count). The maximum absolute atomic E-state index is 14.7. The van der Waals surface area contributed by atoms with Crippen LogP contribution in [0.5, 0.6) is 11.6 Å². The standard InChI is InChI=1S/C23H23FN4O3/c1-23-11-15(12-25-23)21(22(23)24)31-19-6-5-17(26-27-19)16-4-3-13(9-18(16)29)14-7-8-28(2)20(30)10-14/h3-10,15,21-22,25,29H,11-12H2,1-2H3/t15-,21-,22+,23-/m1/s1. The molecule has 2 bridgehead atoms. The molecule has 1 aliphatic carbocycles. The second kappa shape index (κ2) is 7.16. The topological polar surface area (TPSA) is 89.3 Å². The molecule has 1 aromatic carbocycles. The lowest BCUT2D eigenvalue weighted by molar-refractivity contribution is 0.0407. The summed E-state index contributed by atoms with van der Waals surface area (Å²) in [5.74, 6) is 0.411. The number of benzene rings is 1. The second-order valence-electron chi connectivity index (χ2n) is 8.60. The number of alkyl halides is 1. The highest BCUT2D eigenvalue weighted by atomic mass is 19.1. The number of phenols is 1. The smallest absolute Gasteiger partial charge is 0.250 e. The summed E-state index contributed by atoms with van der Waals surface area (Å²) in [5.41, 5.74) is 1.76. The minimum atomic E-state index is -1.10. The van der Waals surface area contributed by atoms with Gasteiger partial charge in [-0.25, -0.2) is 4.39 Å². The van der Waals surface area contributed by atoms with Crippen LogP contribution in [0, 0.1) is 5.92 Å². The van der Waals surface area contributed by atoms with Gasteiger partial charge in [-0.05, 0) is 48.7 Å². The first-order valence-electron chi connectivity index (χ1n) is 10.2.